The molecule has 1 aliphatic heterocycles. The first-order valence-electron chi connectivity index (χ1n) is 6.22. The number of carbonyl (C=O) groups excluding carboxylic acids is 2. The molecule has 0 radical (unpaired) electrons. The first-order valence-corrected chi connectivity index (χ1v) is 6.22. The Kier molecular flexibility index (Phi) is 3.83. The van der Waals surface area contributed by atoms with Gasteiger partial charge in [0.1, 0.15) is 6.04 Å². The fraction of sp³-hybridized carbons (Fsp3) is 0.818. The Labute approximate surface area is 101 Å². The molecule has 0 aromatic rings. The molecule has 96 valence electrons. The number of hydrogen-bond donors (Lipinski definition) is 3. The number of carbonyl (C=O) groups is 2. The van der Waals surface area contributed by atoms with Gasteiger partial charge in [0.25, 0.3) is 0 Å². The van der Waals surface area contributed by atoms with Crippen LogP contribution in [0, 0.1) is 0 Å². The number of nitrogens with zero attached hydrogens (tertiary/aromatic N) is 1. The Balaban J connectivity index is 1.94. The van der Waals surface area contributed by atoms with Crippen molar-refractivity contribution in [3.8, 4) is 0 Å². The summed E-state index contributed by atoms with van der Waals surface area (Å²) in [6.45, 7) is 1.85. The van der Waals surface area contributed by atoms with E-state index in [1.807, 2.05) is 0 Å². The van der Waals surface area contributed by atoms with Crippen molar-refractivity contribution >= 4 is 11.9 Å². The predicted molar refractivity (Wildman–Crippen MR) is 63.6 cm³/mol. The molecule has 0 aromatic heterocycles. The van der Waals surface area contributed by atoms with Crippen molar-refractivity contribution in [1.82, 2.24) is 20.9 Å². The third-order valence-corrected chi connectivity index (χ3v) is 3.49. The van der Waals surface area contributed by atoms with Crippen molar-refractivity contribution in [1.29, 1.82) is 0 Å². The van der Waals surface area contributed by atoms with Crippen LogP contribution in [-0.2, 0) is 4.79 Å². The Morgan fingerprint density at radius 2 is 2.12 bits per heavy atom. The van der Waals surface area contributed by atoms with Gasteiger partial charge in [0.15, 0.2) is 0 Å². The van der Waals surface area contributed by atoms with E-state index in [0.717, 1.165) is 19.4 Å². The van der Waals surface area contributed by atoms with Crippen LogP contribution in [-0.4, -0.2) is 55.6 Å². The lowest BCUT2D eigenvalue weighted by molar-refractivity contribution is -0.125. The van der Waals surface area contributed by atoms with E-state index >= 15 is 0 Å². The molecule has 1 heterocycles. The first kappa shape index (κ1) is 12.2. The van der Waals surface area contributed by atoms with Gasteiger partial charge in [-0.3, -0.25) is 4.79 Å². The van der Waals surface area contributed by atoms with Gasteiger partial charge in [-0.05, 0) is 19.3 Å². The Hall–Kier alpha value is -1.30. The van der Waals surface area contributed by atoms with Gasteiger partial charge < -0.3 is 20.9 Å². The lowest BCUT2D eigenvalue weighted by Crippen LogP contribution is -2.62. The lowest BCUT2D eigenvalue weighted by atomic mass is 9.93. The lowest BCUT2D eigenvalue weighted by Gasteiger charge is -2.37. The Morgan fingerprint density at radius 3 is 2.71 bits per heavy atom. The standard InChI is InChI=1S/C11H20N4O2/c1-12-10(16)9-7-13-5-6-15(9)11(17)14-8-3-2-4-8/h8-9,13H,2-7H2,1H3,(H,12,16)(H,14,17). The van der Waals surface area contributed by atoms with Gasteiger partial charge in [0, 0.05) is 32.7 Å². The van der Waals surface area contributed by atoms with Crippen LogP contribution in [0.5, 0.6) is 0 Å². The molecule has 2 fully saturated rings. The molecule has 1 unspecified atom stereocenters. The number of nitrogens with one attached hydrogen (secondary N) is 3. The van der Waals surface area contributed by atoms with E-state index in [1.54, 1.807) is 11.9 Å². The smallest absolute Gasteiger partial charge is 0.318 e. The second kappa shape index (κ2) is 5.35. The molecule has 17 heavy (non-hydrogen) atoms. The van der Waals surface area contributed by atoms with Crippen molar-refractivity contribution < 1.29 is 9.59 Å². The summed E-state index contributed by atoms with van der Waals surface area (Å²) in [7, 11) is 1.60. The maximum atomic E-state index is 12.0. The second-order valence-corrected chi connectivity index (χ2v) is 4.60. The fourth-order valence-corrected chi connectivity index (χ4v) is 2.16. The highest BCUT2D eigenvalue weighted by Crippen LogP contribution is 2.18. The number of urea groups is 1. The second-order valence-electron chi connectivity index (χ2n) is 4.60. The largest absolute Gasteiger partial charge is 0.357 e. The fourth-order valence-electron chi connectivity index (χ4n) is 2.16. The van der Waals surface area contributed by atoms with Gasteiger partial charge in [-0.2, -0.15) is 0 Å². The summed E-state index contributed by atoms with van der Waals surface area (Å²) in [5, 5.41) is 8.71. The molecule has 6 heteroatoms. The van der Waals surface area contributed by atoms with Crippen molar-refractivity contribution in [3.63, 3.8) is 0 Å². The quantitative estimate of drug-likeness (QED) is 0.596. The Morgan fingerprint density at radius 1 is 1.35 bits per heavy atom. The average Bonchev–Trinajstić information content (AvgIpc) is 2.32. The summed E-state index contributed by atoms with van der Waals surface area (Å²) in [4.78, 5) is 25.3. The summed E-state index contributed by atoms with van der Waals surface area (Å²) >= 11 is 0. The topological polar surface area (TPSA) is 73.5 Å². The van der Waals surface area contributed by atoms with Crippen LogP contribution in [0.3, 0.4) is 0 Å². The summed E-state index contributed by atoms with van der Waals surface area (Å²) in [6, 6.07) is -0.193. The van der Waals surface area contributed by atoms with Gasteiger partial charge >= 0.3 is 6.03 Å². The van der Waals surface area contributed by atoms with E-state index < -0.39 is 6.04 Å². The molecule has 3 N–H and O–H groups in total. The SMILES string of the molecule is CNC(=O)C1CNCCN1C(=O)NC1CCC1. The molecule has 1 atom stereocenters. The van der Waals surface area contributed by atoms with Crippen LogP contribution in [0.15, 0.2) is 0 Å². The van der Waals surface area contributed by atoms with Crippen LogP contribution < -0.4 is 16.0 Å². The predicted octanol–water partition coefficient (Wildman–Crippen LogP) is -0.732. The maximum Gasteiger partial charge on any atom is 0.318 e. The number of hydrogen-bond acceptors (Lipinski definition) is 3. The molecule has 0 aromatic carbocycles. The van der Waals surface area contributed by atoms with E-state index in [4.69, 9.17) is 0 Å². The molecular weight excluding hydrogens is 220 g/mol. The molecule has 6 nitrogen and oxygen atoms in total. The molecule has 2 aliphatic rings. The molecule has 1 saturated heterocycles. The summed E-state index contributed by atoms with van der Waals surface area (Å²) in [6.07, 6.45) is 3.30. The molecule has 1 aliphatic carbocycles. The van der Waals surface area contributed by atoms with Gasteiger partial charge in [0.2, 0.25) is 5.91 Å². The molecule has 1 saturated carbocycles. The van der Waals surface area contributed by atoms with E-state index in [0.29, 0.717) is 19.1 Å². The van der Waals surface area contributed by atoms with Gasteiger partial charge in [-0.25, -0.2) is 4.79 Å². The average molecular weight is 240 g/mol. The minimum Gasteiger partial charge on any atom is -0.357 e. The third kappa shape index (κ3) is 2.69. The van der Waals surface area contributed by atoms with Crippen molar-refractivity contribution in [2.75, 3.05) is 26.7 Å². The normalized spacial score (nSPS) is 25.0. The zero-order valence-electron chi connectivity index (χ0n) is 10.2. The number of piperazine rings is 1. The van der Waals surface area contributed by atoms with Gasteiger partial charge in [-0.15, -0.1) is 0 Å². The minimum absolute atomic E-state index is 0.107. The highest BCUT2D eigenvalue weighted by molar-refractivity contribution is 5.87. The highest BCUT2D eigenvalue weighted by Gasteiger charge is 2.33. The molecular formula is C11H20N4O2. The number of rotatable bonds is 2. The van der Waals surface area contributed by atoms with Crippen LogP contribution in [0.2, 0.25) is 0 Å². The van der Waals surface area contributed by atoms with Crippen LogP contribution in [0.4, 0.5) is 4.79 Å². The number of amides is 3. The molecule has 3 amide bonds. The Bertz CT molecular complexity index is 304. The number of likely N-dealkylation sites (N-methyl/N-ethyl adjacent to an activating group) is 1. The van der Waals surface area contributed by atoms with Crippen molar-refractivity contribution in [2.45, 2.75) is 31.3 Å². The van der Waals surface area contributed by atoms with E-state index in [2.05, 4.69) is 16.0 Å². The molecule has 2 rings (SSSR count). The van der Waals surface area contributed by atoms with Gasteiger partial charge in [0.05, 0.1) is 0 Å². The van der Waals surface area contributed by atoms with E-state index in [1.165, 1.54) is 6.42 Å². The van der Waals surface area contributed by atoms with Crippen LogP contribution >= 0.6 is 0 Å². The molecule has 0 spiro atoms. The summed E-state index contributed by atoms with van der Waals surface area (Å²) in [5.41, 5.74) is 0. The van der Waals surface area contributed by atoms with E-state index in [9.17, 15) is 9.59 Å². The van der Waals surface area contributed by atoms with Crippen molar-refractivity contribution in [2.24, 2.45) is 0 Å². The summed E-state index contributed by atoms with van der Waals surface area (Å²) < 4.78 is 0. The third-order valence-electron chi connectivity index (χ3n) is 3.49. The van der Waals surface area contributed by atoms with Crippen molar-refractivity contribution in [3.05, 3.63) is 0 Å². The highest BCUT2D eigenvalue weighted by atomic mass is 16.2. The van der Waals surface area contributed by atoms with Crippen LogP contribution in [0.25, 0.3) is 0 Å². The minimum atomic E-state index is -0.395. The first-order chi connectivity index (χ1) is 8.22. The monoisotopic (exact) mass is 240 g/mol. The van der Waals surface area contributed by atoms with Gasteiger partial charge in [-0.1, -0.05) is 0 Å². The zero-order chi connectivity index (χ0) is 12.3. The molecule has 0 bridgehead atoms. The summed E-state index contributed by atoms with van der Waals surface area (Å²) in [5.74, 6) is -0.110. The van der Waals surface area contributed by atoms with E-state index in [-0.39, 0.29) is 11.9 Å². The maximum absolute atomic E-state index is 12.0. The van der Waals surface area contributed by atoms with Crippen LogP contribution in [0.1, 0.15) is 19.3 Å². The zero-order valence-corrected chi connectivity index (χ0v) is 10.2.